The summed E-state index contributed by atoms with van der Waals surface area (Å²) in [6.07, 6.45) is 3.51. The van der Waals surface area contributed by atoms with Crippen LogP contribution in [0.4, 0.5) is 0 Å². The molecule has 1 nitrogen and oxygen atoms in total. The van der Waals surface area contributed by atoms with Gasteiger partial charge in [-0.3, -0.25) is 0 Å². The normalized spacial score (nSPS) is 12.9. The van der Waals surface area contributed by atoms with Crippen molar-refractivity contribution in [3.05, 3.63) is 0 Å². The van der Waals surface area contributed by atoms with Crippen molar-refractivity contribution in [3.63, 3.8) is 0 Å². The molecule has 0 aromatic rings. The molecule has 13 heavy (non-hydrogen) atoms. The van der Waals surface area contributed by atoms with Crippen molar-refractivity contribution < 1.29 is 5.11 Å². The summed E-state index contributed by atoms with van der Waals surface area (Å²) in [7, 11) is 0. The molecule has 2 unspecified atom stereocenters. The summed E-state index contributed by atoms with van der Waals surface area (Å²) in [5.74, 6) is 0.477. The molecule has 0 aliphatic rings. The molecule has 0 amide bonds. The molecule has 1 N–H and O–H groups in total. The van der Waals surface area contributed by atoms with E-state index < -0.39 is 0 Å². The highest BCUT2D eigenvalue weighted by molar-refractivity contribution is 4.57. The first kappa shape index (κ1) is 18.7. The van der Waals surface area contributed by atoms with Gasteiger partial charge in [0.15, 0.2) is 0 Å². The van der Waals surface area contributed by atoms with Crippen molar-refractivity contribution in [2.24, 2.45) is 5.92 Å². The van der Waals surface area contributed by atoms with Gasteiger partial charge in [-0.1, -0.05) is 54.4 Å². The van der Waals surface area contributed by atoms with Gasteiger partial charge in [0, 0.05) is 0 Å². The van der Waals surface area contributed by atoms with E-state index in [0.29, 0.717) is 5.92 Å². The van der Waals surface area contributed by atoms with E-state index in [1.807, 2.05) is 34.6 Å². The Hall–Kier alpha value is -0.0400. The van der Waals surface area contributed by atoms with E-state index in [4.69, 9.17) is 5.11 Å². The van der Waals surface area contributed by atoms with E-state index in [9.17, 15) is 0 Å². The average Bonchev–Trinajstić information content (AvgIpc) is 2.20. The minimum atomic E-state index is -0.128. The molecule has 84 valence electrons. The fraction of sp³-hybridized carbons (Fsp3) is 1.00. The van der Waals surface area contributed by atoms with Gasteiger partial charge >= 0.3 is 0 Å². The van der Waals surface area contributed by atoms with Gasteiger partial charge in [-0.05, 0) is 19.3 Å². The molecule has 0 rings (SSSR count). The third-order valence-electron chi connectivity index (χ3n) is 1.84. The number of aliphatic hydroxyl groups excluding tert-OH is 1. The van der Waals surface area contributed by atoms with Crippen molar-refractivity contribution in [2.75, 3.05) is 0 Å². The van der Waals surface area contributed by atoms with Gasteiger partial charge in [-0.15, -0.1) is 0 Å². The van der Waals surface area contributed by atoms with Gasteiger partial charge < -0.3 is 5.11 Å². The van der Waals surface area contributed by atoms with E-state index in [1.54, 1.807) is 0 Å². The number of unbranched alkanes of at least 4 members (excludes halogenated alkanes) is 1. The van der Waals surface area contributed by atoms with Crippen molar-refractivity contribution in [1.29, 1.82) is 0 Å². The fourth-order valence-corrected chi connectivity index (χ4v) is 0.767. The highest BCUT2D eigenvalue weighted by Gasteiger charge is 2.06. The Balaban J connectivity index is -0.000000218. The Kier molecular flexibility index (Phi) is 25.7. The van der Waals surface area contributed by atoms with Gasteiger partial charge in [0.25, 0.3) is 0 Å². The Bertz CT molecular complexity index is 60.1. The van der Waals surface area contributed by atoms with Crippen LogP contribution in [-0.4, -0.2) is 11.2 Å². The summed E-state index contributed by atoms with van der Waals surface area (Å²) in [5.41, 5.74) is 0. The lowest BCUT2D eigenvalue weighted by Crippen LogP contribution is -2.12. The minimum absolute atomic E-state index is 0.128. The van der Waals surface area contributed by atoms with E-state index in [-0.39, 0.29) is 6.10 Å². The predicted molar refractivity (Wildman–Crippen MR) is 63.1 cm³/mol. The highest BCUT2D eigenvalue weighted by atomic mass is 16.3. The maximum absolute atomic E-state index is 9.05. The van der Waals surface area contributed by atoms with Gasteiger partial charge in [0.05, 0.1) is 6.10 Å². The summed E-state index contributed by atoms with van der Waals surface area (Å²) >= 11 is 0. The van der Waals surface area contributed by atoms with Gasteiger partial charge in [0.2, 0.25) is 0 Å². The molecule has 2 atom stereocenters. The van der Waals surface area contributed by atoms with Crippen LogP contribution < -0.4 is 0 Å². The molecule has 1 heteroatoms. The Morgan fingerprint density at radius 3 is 1.62 bits per heavy atom. The quantitative estimate of drug-likeness (QED) is 0.703. The molecule has 0 fully saturated rings. The Labute approximate surface area is 85.6 Å². The second kappa shape index (κ2) is 17.9. The molecular formula is C12H30O. The molecular weight excluding hydrogens is 160 g/mol. The maximum atomic E-state index is 9.05. The average molecular weight is 190 g/mol. The molecule has 0 aliphatic carbocycles. The molecule has 0 aromatic carbocycles. The van der Waals surface area contributed by atoms with Crippen LogP contribution in [0.25, 0.3) is 0 Å². The van der Waals surface area contributed by atoms with Crippen molar-refractivity contribution in [2.45, 2.75) is 73.8 Å². The molecule has 0 heterocycles. The van der Waals surface area contributed by atoms with Crippen molar-refractivity contribution in [3.8, 4) is 0 Å². The molecule has 0 saturated carbocycles. The highest BCUT2D eigenvalue weighted by Crippen LogP contribution is 2.10. The zero-order valence-electron chi connectivity index (χ0n) is 10.7. The van der Waals surface area contributed by atoms with Gasteiger partial charge in [-0.25, -0.2) is 0 Å². The van der Waals surface area contributed by atoms with Gasteiger partial charge in [-0.2, -0.15) is 0 Å². The second-order valence-corrected chi connectivity index (χ2v) is 2.86. The van der Waals surface area contributed by atoms with E-state index in [2.05, 4.69) is 13.8 Å². The SMILES string of the molecule is CC.CC.CCCCC(C)C(C)O. The molecule has 0 bridgehead atoms. The van der Waals surface area contributed by atoms with Crippen molar-refractivity contribution in [1.82, 2.24) is 0 Å². The molecule has 0 spiro atoms. The first-order chi connectivity index (χ1) is 6.18. The van der Waals surface area contributed by atoms with E-state index in [0.717, 1.165) is 6.42 Å². The summed E-state index contributed by atoms with van der Waals surface area (Å²) in [4.78, 5) is 0. The summed E-state index contributed by atoms with van der Waals surface area (Å²) in [6.45, 7) is 14.1. The van der Waals surface area contributed by atoms with Gasteiger partial charge in [0.1, 0.15) is 0 Å². The summed E-state index contributed by atoms with van der Waals surface area (Å²) < 4.78 is 0. The lowest BCUT2D eigenvalue weighted by atomic mass is 10.00. The van der Waals surface area contributed by atoms with Crippen LogP contribution in [0.5, 0.6) is 0 Å². The smallest absolute Gasteiger partial charge is 0.0537 e. The van der Waals surface area contributed by atoms with Crippen LogP contribution in [0.15, 0.2) is 0 Å². The van der Waals surface area contributed by atoms with Crippen LogP contribution in [0.1, 0.15) is 67.7 Å². The minimum Gasteiger partial charge on any atom is -0.393 e. The molecule has 0 radical (unpaired) electrons. The topological polar surface area (TPSA) is 20.2 Å². The van der Waals surface area contributed by atoms with Crippen LogP contribution >= 0.6 is 0 Å². The lowest BCUT2D eigenvalue weighted by molar-refractivity contribution is 0.128. The van der Waals surface area contributed by atoms with Crippen LogP contribution in [0, 0.1) is 5.92 Å². The zero-order valence-corrected chi connectivity index (χ0v) is 10.7. The Morgan fingerprint density at radius 2 is 1.38 bits per heavy atom. The number of aliphatic hydroxyl groups is 1. The maximum Gasteiger partial charge on any atom is 0.0537 e. The Morgan fingerprint density at radius 1 is 1.00 bits per heavy atom. The number of rotatable bonds is 4. The summed E-state index contributed by atoms with van der Waals surface area (Å²) in [5, 5.41) is 9.05. The van der Waals surface area contributed by atoms with Crippen LogP contribution in [-0.2, 0) is 0 Å². The monoisotopic (exact) mass is 190 g/mol. The van der Waals surface area contributed by atoms with Crippen molar-refractivity contribution >= 4 is 0 Å². The third kappa shape index (κ3) is 18.7. The largest absolute Gasteiger partial charge is 0.393 e. The first-order valence-electron chi connectivity index (χ1n) is 5.86. The second-order valence-electron chi connectivity index (χ2n) is 2.86. The van der Waals surface area contributed by atoms with Crippen LogP contribution in [0.2, 0.25) is 0 Å². The standard InChI is InChI=1S/C8H18O.2C2H6/c1-4-5-6-7(2)8(3)9;2*1-2/h7-9H,4-6H2,1-3H3;2*1-2H3. The fourth-order valence-electron chi connectivity index (χ4n) is 0.767. The lowest BCUT2D eigenvalue weighted by Gasteiger charge is -2.12. The number of hydrogen-bond donors (Lipinski definition) is 1. The zero-order chi connectivity index (χ0) is 11.3. The summed E-state index contributed by atoms with van der Waals surface area (Å²) in [6, 6.07) is 0. The van der Waals surface area contributed by atoms with E-state index >= 15 is 0 Å². The first-order valence-corrected chi connectivity index (χ1v) is 5.86. The number of hydrogen-bond acceptors (Lipinski definition) is 1. The van der Waals surface area contributed by atoms with Crippen LogP contribution in [0.3, 0.4) is 0 Å². The molecule has 0 aromatic heterocycles. The predicted octanol–water partition coefficient (Wildman–Crippen LogP) is 4.25. The molecule has 0 saturated heterocycles. The van der Waals surface area contributed by atoms with E-state index in [1.165, 1.54) is 12.8 Å². The third-order valence-corrected chi connectivity index (χ3v) is 1.84. The molecule has 0 aliphatic heterocycles.